The van der Waals surface area contributed by atoms with Crippen molar-refractivity contribution in [1.82, 2.24) is 5.16 Å². The zero-order chi connectivity index (χ0) is 14.8. The normalized spacial score (nSPS) is 11.3. The molecule has 0 aliphatic carbocycles. The molecule has 0 spiro atoms. The fraction of sp³-hybridized carbons (Fsp3) is 0.308. The van der Waals surface area contributed by atoms with Gasteiger partial charge in [-0.15, -0.1) is 0 Å². The van der Waals surface area contributed by atoms with Crippen LogP contribution in [-0.2, 0) is 10.0 Å². The Morgan fingerprint density at radius 3 is 2.35 bits per heavy atom. The average Bonchev–Trinajstić information content (AvgIpc) is 2.79. The van der Waals surface area contributed by atoms with Gasteiger partial charge in [-0.2, -0.15) is 0 Å². The van der Waals surface area contributed by atoms with E-state index >= 15 is 0 Å². The fourth-order valence-electron chi connectivity index (χ4n) is 2.14. The number of anilines is 2. The first-order valence-corrected chi connectivity index (χ1v) is 7.69. The Hall–Kier alpha value is -2.02. The summed E-state index contributed by atoms with van der Waals surface area (Å²) < 4.78 is 31.9. The number of aryl methyl sites for hydroxylation is 2. The second kappa shape index (κ2) is 5.54. The van der Waals surface area contributed by atoms with Gasteiger partial charge in [0, 0.05) is 12.2 Å². The molecule has 1 heterocycles. The lowest BCUT2D eigenvalue weighted by atomic mass is 10.1. The van der Waals surface area contributed by atoms with Crippen molar-refractivity contribution in [3.8, 4) is 0 Å². The van der Waals surface area contributed by atoms with Gasteiger partial charge in [0.1, 0.15) is 12.0 Å². The van der Waals surface area contributed by atoms with Crippen LogP contribution in [0.2, 0.25) is 0 Å². The van der Waals surface area contributed by atoms with Crippen LogP contribution in [0.15, 0.2) is 34.0 Å². The summed E-state index contributed by atoms with van der Waals surface area (Å²) in [7, 11) is -3.65. The Morgan fingerprint density at radius 2 is 1.85 bits per heavy atom. The number of benzene rings is 1. The van der Waals surface area contributed by atoms with Crippen molar-refractivity contribution in [3.63, 3.8) is 0 Å². The Labute approximate surface area is 118 Å². The second-order valence-corrected chi connectivity index (χ2v) is 6.11. The number of sulfonamides is 1. The molecule has 0 atom stereocenters. The van der Waals surface area contributed by atoms with E-state index in [0.717, 1.165) is 12.2 Å². The molecule has 0 aliphatic heterocycles. The van der Waals surface area contributed by atoms with E-state index in [4.69, 9.17) is 0 Å². The first kappa shape index (κ1) is 14.4. The topological polar surface area (TPSA) is 84.2 Å². The summed E-state index contributed by atoms with van der Waals surface area (Å²) in [5.74, 6) is 0. The first-order valence-electron chi connectivity index (χ1n) is 6.21. The van der Waals surface area contributed by atoms with Gasteiger partial charge in [-0.05, 0) is 44.0 Å². The quantitative estimate of drug-likeness (QED) is 0.885. The molecule has 1 aromatic heterocycles. The molecule has 0 unspecified atom stereocenters. The molecule has 0 saturated carbocycles. The summed E-state index contributed by atoms with van der Waals surface area (Å²) >= 11 is 0. The molecule has 0 amide bonds. The van der Waals surface area contributed by atoms with Crippen LogP contribution in [0, 0.1) is 13.8 Å². The number of hydrogen-bond acceptors (Lipinski definition) is 5. The molecule has 108 valence electrons. The maximum absolute atomic E-state index is 12.4. The number of hydrogen-bond donors (Lipinski definition) is 2. The lowest BCUT2D eigenvalue weighted by Crippen LogP contribution is -2.15. The van der Waals surface area contributed by atoms with Crippen molar-refractivity contribution in [2.75, 3.05) is 16.6 Å². The highest BCUT2D eigenvalue weighted by Crippen LogP contribution is 2.26. The van der Waals surface area contributed by atoms with Gasteiger partial charge in [0.05, 0.1) is 11.1 Å². The van der Waals surface area contributed by atoms with E-state index in [2.05, 4.69) is 19.7 Å². The summed E-state index contributed by atoms with van der Waals surface area (Å²) in [6, 6.07) is 3.64. The molecule has 0 radical (unpaired) electrons. The molecule has 2 aromatic rings. The van der Waals surface area contributed by atoms with Gasteiger partial charge in [-0.25, -0.2) is 8.42 Å². The highest BCUT2D eigenvalue weighted by atomic mass is 32.2. The number of rotatable bonds is 5. The third-order valence-corrected chi connectivity index (χ3v) is 4.48. The standard InChI is InChI=1S/C13H17N3O3S/c1-4-14-11-5-9(2)13(10(3)6-11)20(17,18)16-12-7-15-19-8-12/h5-8,14,16H,4H2,1-3H3. The SMILES string of the molecule is CCNc1cc(C)c(S(=O)(=O)Nc2cnoc2)c(C)c1. The Kier molecular flexibility index (Phi) is 3.99. The van der Waals surface area contributed by atoms with Crippen molar-refractivity contribution >= 4 is 21.4 Å². The minimum Gasteiger partial charge on any atom is -0.385 e. The van der Waals surface area contributed by atoms with E-state index in [1.165, 1.54) is 12.5 Å². The molecule has 20 heavy (non-hydrogen) atoms. The highest BCUT2D eigenvalue weighted by Gasteiger charge is 2.21. The van der Waals surface area contributed by atoms with E-state index in [9.17, 15) is 8.42 Å². The molecular weight excluding hydrogens is 278 g/mol. The molecule has 0 bridgehead atoms. The summed E-state index contributed by atoms with van der Waals surface area (Å²) in [6.45, 7) is 6.32. The van der Waals surface area contributed by atoms with Crippen LogP contribution < -0.4 is 10.0 Å². The molecule has 2 N–H and O–H groups in total. The molecule has 6 nitrogen and oxygen atoms in total. The van der Waals surface area contributed by atoms with Gasteiger partial charge in [0.25, 0.3) is 10.0 Å². The molecular formula is C13H17N3O3S. The maximum Gasteiger partial charge on any atom is 0.262 e. The van der Waals surface area contributed by atoms with E-state index in [1.54, 1.807) is 13.8 Å². The summed E-state index contributed by atoms with van der Waals surface area (Å²) in [6.07, 6.45) is 2.56. The molecule has 0 fully saturated rings. The van der Waals surface area contributed by atoms with Crippen LogP contribution in [0.1, 0.15) is 18.1 Å². The van der Waals surface area contributed by atoms with Crippen molar-refractivity contribution in [1.29, 1.82) is 0 Å². The maximum atomic E-state index is 12.4. The Morgan fingerprint density at radius 1 is 1.20 bits per heavy atom. The van der Waals surface area contributed by atoms with Crippen LogP contribution in [-0.4, -0.2) is 20.1 Å². The summed E-state index contributed by atoms with van der Waals surface area (Å²) in [5.41, 5.74) is 2.58. The predicted molar refractivity (Wildman–Crippen MR) is 77.4 cm³/mol. The molecule has 0 saturated heterocycles. The van der Waals surface area contributed by atoms with Gasteiger partial charge in [-0.3, -0.25) is 4.72 Å². The number of nitrogens with zero attached hydrogens (tertiary/aromatic N) is 1. The third kappa shape index (κ3) is 2.93. The minimum atomic E-state index is -3.65. The van der Waals surface area contributed by atoms with Gasteiger partial charge < -0.3 is 9.84 Å². The molecule has 7 heteroatoms. The van der Waals surface area contributed by atoms with Crippen LogP contribution in [0.3, 0.4) is 0 Å². The van der Waals surface area contributed by atoms with Gasteiger partial charge >= 0.3 is 0 Å². The minimum absolute atomic E-state index is 0.278. The van der Waals surface area contributed by atoms with Crippen molar-refractivity contribution in [2.24, 2.45) is 0 Å². The summed E-state index contributed by atoms with van der Waals surface area (Å²) in [4.78, 5) is 0.278. The van der Waals surface area contributed by atoms with Gasteiger partial charge in [0.15, 0.2) is 0 Å². The summed E-state index contributed by atoms with van der Waals surface area (Å²) in [5, 5.41) is 6.64. The zero-order valence-electron chi connectivity index (χ0n) is 11.6. The van der Waals surface area contributed by atoms with Crippen LogP contribution in [0.25, 0.3) is 0 Å². The van der Waals surface area contributed by atoms with Gasteiger partial charge in [0.2, 0.25) is 0 Å². The second-order valence-electron chi connectivity index (χ2n) is 4.49. The highest BCUT2D eigenvalue weighted by molar-refractivity contribution is 7.92. The molecule has 2 rings (SSSR count). The van der Waals surface area contributed by atoms with E-state index in [-0.39, 0.29) is 4.90 Å². The average molecular weight is 295 g/mol. The molecule has 1 aromatic carbocycles. The van der Waals surface area contributed by atoms with E-state index in [1.807, 2.05) is 19.1 Å². The van der Waals surface area contributed by atoms with Crippen LogP contribution in [0.4, 0.5) is 11.4 Å². The number of nitrogens with one attached hydrogen (secondary N) is 2. The van der Waals surface area contributed by atoms with Crippen LogP contribution in [0.5, 0.6) is 0 Å². The van der Waals surface area contributed by atoms with Crippen LogP contribution >= 0.6 is 0 Å². The monoisotopic (exact) mass is 295 g/mol. The van der Waals surface area contributed by atoms with Crippen molar-refractivity contribution in [2.45, 2.75) is 25.7 Å². The Bertz CT molecular complexity index is 671. The Balaban J connectivity index is 2.41. The van der Waals surface area contributed by atoms with E-state index in [0.29, 0.717) is 16.8 Å². The lowest BCUT2D eigenvalue weighted by Gasteiger charge is -2.14. The van der Waals surface area contributed by atoms with Crippen molar-refractivity contribution in [3.05, 3.63) is 35.7 Å². The van der Waals surface area contributed by atoms with Crippen molar-refractivity contribution < 1.29 is 12.9 Å². The van der Waals surface area contributed by atoms with Gasteiger partial charge in [-0.1, -0.05) is 5.16 Å². The first-order chi connectivity index (χ1) is 9.44. The fourth-order valence-corrected chi connectivity index (χ4v) is 3.62. The number of aromatic nitrogens is 1. The van der Waals surface area contributed by atoms with E-state index < -0.39 is 10.0 Å². The smallest absolute Gasteiger partial charge is 0.262 e. The lowest BCUT2D eigenvalue weighted by molar-refractivity contribution is 0.420. The molecule has 0 aliphatic rings. The third-order valence-electron chi connectivity index (χ3n) is 2.79. The zero-order valence-corrected chi connectivity index (χ0v) is 12.4. The predicted octanol–water partition coefficient (Wildman–Crippen LogP) is 2.52. The largest absolute Gasteiger partial charge is 0.385 e.